The highest BCUT2D eigenvalue weighted by atomic mass is 32.2. The number of rotatable bonds is 6. The van der Waals surface area contributed by atoms with Crippen LogP contribution in [0.1, 0.15) is 32.4 Å². The number of hydrogen-bond donors (Lipinski definition) is 2. The summed E-state index contributed by atoms with van der Waals surface area (Å²) in [5, 5.41) is 11.5. The van der Waals surface area contributed by atoms with Gasteiger partial charge < -0.3 is 15.2 Å². The lowest BCUT2D eigenvalue weighted by atomic mass is 10.1. The molecule has 1 aromatic rings. The number of carboxylic acids is 1. The van der Waals surface area contributed by atoms with E-state index in [2.05, 4.69) is 5.32 Å². The van der Waals surface area contributed by atoms with Crippen molar-refractivity contribution in [1.29, 1.82) is 0 Å². The molecule has 0 aromatic heterocycles. The minimum Gasteiger partial charge on any atom is -0.497 e. The molecule has 0 aliphatic rings. The van der Waals surface area contributed by atoms with Gasteiger partial charge in [-0.25, -0.2) is 13.2 Å². The van der Waals surface area contributed by atoms with Crippen molar-refractivity contribution in [3.8, 4) is 5.75 Å². The first kappa shape index (κ1) is 19.0. The number of methoxy groups -OCH3 is 1. The smallest absolute Gasteiger partial charge is 0.330 e. The predicted molar refractivity (Wildman–Crippen MR) is 85.1 cm³/mol. The summed E-state index contributed by atoms with van der Waals surface area (Å²) < 4.78 is 27.9. The Morgan fingerprint density at radius 2 is 1.74 bits per heavy atom. The Labute approximate surface area is 135 Å². The van der Waals surface area contributed by atoms with Crippen LogP contribution in [-0.4, -0.2) is 43.0 Å². The van der Waals surface area contributed by atoms with E-state index in [-0.39, 0.29) is 0 Å². The molecule has 1 unspecified atom stereocenters. The molecule has 0 saturated carbocycles. The van der Waals surface area contributed by atoms with Gasteiger partial charge in [0, 0.05) is 0 Å². The lowest BCUT2D eigenvalue weighted by molar-refractivity contribution is -0.141. The van der Waals surface area contributed by atoms with E-state index in [0.29, 0.717) is 11.3 Å². The van der Waals surface area contributed by atoms with Crippen LogP contribution in [-0.2, 0) is 19.4 Å². The van der Waals surface area contributed by atoms with Crippen LogP contribution < -0.4 is 10.1 Å². The summed E-state index contributed by atoms with van der Waals surface area (Å²) in [6, 6.07) is 4.78. The van der Waals surface area contributed by atoms with Gasteiger partial charge in [0.1, 0.15) is 11.5 Å². The van der Waals surface area contributed by atoms with Crippen LogP contribution in [0.15, 0.2) is 24.3 Å². The van der Waals surface area contributed by atoms with Crippen LogP contribution in [0.2, 0.25) is 0 Å². The molecule has 0 saturated heterocycles. The van der Waals surface area contributed by atoms with E-state index in [1.54, 1.807) is 12.1 Å². The molecule has 7 nitrogen and oxygen atoms in total. The molecule has 0 spiro atoms. The molecule has 0 radical (unpaired) electrons. The van der Waals surface area contributed by atoms with Gasteiger partial charge in [-0.15, -0.1) is 0 Å². The van der Waals surface area contributed by atoms with Crippen molar-refractivity contribution in [2.24, 2.45) is 0 Å². The fourth-order valence-corrected chi connectivity index (χ4v) is 2.54. The zero-order valence-corrected chi connectivity index (χ0v) is 14.3. The Bertz CT molecular complexity index is 673. The van der Waals surface area contributed by atoms with E-state index < -0.39 is 38.3 Å². The van der Waals surface area contributed by atoms with Crippen LogP contribution >= 0.6 is 0 Å². The first-order valence-electron chi connectivity index (χ1n) is 6.86. The van der Waals surface area contributed by atoms with Gasteiger partial charge in [-0.1, -0.05) is 12.1 Å². The second-order valence-corrected chi connectivity index (χ2v) is 8.73. The number of sulfone groups is 1. The van der Waals surface area contributed by atoms with Gasteiger partial charge in [-0.3, -0.25) is 4.79 Å². The van der Waals surface area contributed by atoms with Crippen LogP contribution in [0.3, 0.4) is 0 Å². The molecular formula is C15H21NO6S. The average Bonchev–Trinajstić information content (AvgIpc) is 2.43. The summed E-state index contributed by atoms with van der Waals surface area (Å²) >= 11 is 0. The number of benzene rings is 1. The normalized spacial score (nSPS) is 13.2. The third-order valence-electron chi connectivity index (χ3n) is 3.26. The van der Waals surface area contributed by atoms with Gasteiger partial charge in [0.05, 0.1) is 11.9 Å². The standard InChI is InChI=1S/C15H21NO6S/c1-15(2,3)23(20,21)9-12(17)16-13(14(18)19)10-5-7-11(22-4)8-6-10/h5-8,13H,9H2,1-4H3,(H,16,17)(H,18,19). The first-order valence-corrected chi connectivity index (χ1v) is 8.51. The summed E-state index contributed by atoms with van der Waals surface area (Å²) in [7, 11) is -2.21. The molecule has 0 heterocycles. The van der Waals surface area contributed by atoms with Crippen molar-refractivity contribution in [3.63, 3.8) is 0 Å². The van der Waals surface area contributed by atoms with Crippen molar-refractivity contribution >= 4 is 21.7 Å². The summed E-state index contributed by atoms with van der Waals surface area (Å²) in [5.41, 5.74) is 0.319. The minimum absolute atomic E-state index is 0.319. The molecule has 23 heavy (non-hydrogen) atoms. The summed E-state index contributed by atoms with van der Waals surface area (Å²) in [5.74, 6) is -2.37. The Hall–Kier alpha value is -2.09. The van der Waals surface area contributed by atoms with Gasteiger partial charge in [-0.2, -0.15) is 0 Å². The van der Waals surface area contributed by atoms with Crippen LogP contribution in [0.4, 0.5) is 0 Å². The molecule has 0 bridgehead atoms. The van der Waals surface area contributed by atoms with Crippen LogP contribution in [0.25, 0.3) is 0 Å². The summed E-state index contributed by atoms with van der Waals surface area (Å²) in [6.07, 6.45) is 0. The lowest BCUT2D eigenvalue weighted by Crippen LogP contribution is -2.41. The number of carboxylic acid groups (broad SMARTS) is 1. The van der Waals surface area contributed by atoms with E-state index in [0.717, 1.165) is 0 Å². The van der Waals surface area contributed by atoms with Gasteiger partial charge in [0.15, 0.2) is 15.9 Å². The van der Waals surface area contributed by atoms with Crippen molar-refractivity contribution in [2.75, 3.05) is 12.9 Å². The third-order valence-corrected chi connectivity index (χ3v) is 5.76. The summed E-state index contributed by atoms with van der Waals surface area (Å²) in [6.45, 7) is 4.44. The predicted octanol–water partition coefficient (Wildman–Crippen LogP) is 1.15. The quantitative estimate of drug-likeness (QED) is 0.802. The SMILES string of the molecule is COc1ccc(C(NC(=O)CS(=O)(=O)C(C)(C)C)C(=O)O)cc1. The fraction of sp³-hybridized carbons (Fsp3) is 0.467. The Morgan fingerprint density at radius 1 is 1.22 bits per heavy atom. The van der Waals surface area contributed by atoms with E-state index in [4.69, 9.17) is 4.74 Å². The highest BCUT2D eigenvalue weighted by molar-refractivity contribution is 7.93. The van der Waals surface area contributed by atoms with Crippen LogP contribution in [0.5, 0.6) is 5.75 Å². The van der Waals surface area contributed by atoms with Gasteiger partial charge in [0.2, 0.25) is 5.91 Å². The van der Waals surface area contributed by atoms with Crippen molar-refractivity contribution in [2.45, 2.75) is 31.6 Å². The number of carbonyl (C=O) groups excluding carboxylic acids is 1. The first-order chi connectivity index (χ1) is 10.5. The highest BCUT2D eigenvalue weighted by Crippen LogP contribution is 2.19. The molecule has 8 heteroatoms. The van der Waals surface area contributed by atoms with E-state index >= 15 is 0 Å². The largest absolute Gasteiger partial charge is 0.497 e. The molecule has 1 rings (SSSR count). The molecule has 0 aliphatic carbocycles. The Morgan fingerprint density at radius 3 is 2.13 bits per heavy atom. The molecule has 1 amide bonds. The third kappa shape index (κ3) is 4.95. The minimum atomic E-state index is -3.69. The average molecular weight is 343 g/mol. The number of aliphatic carboxylic acids is 1. The number of carbonyl (C=O) groups is 2. The molecule has 0 fully saturated rings. The van der Waals surface area contributed by atoms with Crippen LogP contribution in [0, 0.1) is 0 Å². The van der Waals surface area contributed by atoms with Crippen molar-refractivity contribution in [3.05, 3.63) is 29.8 Å². The molecule has 1 atom stereocenters. The Balaban J connectivity index is 2.92. The molecule has 0 aliphatic heterocycles. The fourth-order valence-electron chi connectivity index (χ4n) is 1.68. The zero-order valence-electron chi connectivity index (χ0n) is 13.5. The zero-order chi connectivity index (χ0) is 17.8. The lowest BCUT2D eigenvalue weighted by Gasteiger charge is -2.20. The highest BCUT2D eigenvalue weighted by Gasteiger charge is 2.32. The maximum Gasteiger partial charge on any atom is 0.330 e. The molecule has 2 N–H and O–H groups in total. The number of nitrogens with one attached hydrogen (secondary N) is 1. The van der Waals surface area contributed by atoms with E-state index in [1.807, 2.05) is 0 Å². The maximum atomic E-state index is 12.0. The molecule has 1 aromatic carbocycles. The number of ether oxygens (including phenoxy) is 1. The molecular weight excluding hydrogens is 322 g/mol. The Kier molecular flexibility index (Phi) is 5.76. The van der Waals surface area contributed by atoms with Gasteiger partial charge in [-0.05, 0) is 38.5 Å². The van der Waals surface area contributed by atoms with E-state index in [1.165, 1.54) is 40.0 Å². The monoisotopic (exact) mass is 343 g/mol. The summed E-state index contributed by atoms with van der Waals surface area (Å²) in [4.78, 5) is 23.3. The van der Waals surface area contributed by atoms with Crippen molar-refractivity contribution < 1.29 is 27.9 Å². The molecule has 128 valence electrons. The number of amides is 1. The van der Waals surface area contributed by atoms with Gasteiger partial charge >= 0.3 is 5.97 Å². The second kappa shape index (κ2) is 6.99. The second-order valence-electron chi connectivity index (χ2n) is 5.98. The van der Waals surface area contributed by atoms with Gasteiger partial charge in [0.25, 0.3) is 0 Å². The topological polar surface area (TPSA) is 110 Å². The maximum absolute atomic E-state index is 12.0. The van der Waals surface area contributed by atoms with Crippen molar-refractivity contribution in [1.82, 2.24) is 5.32 Å². The number of hydrogen-bond acceptors (Lipinski definition) is 5. The van der Waals surface area contributed by atoms with E-state index in [9.17, 15) is 23.1 Å².